The van der Waals surface area contributed by atoms with Crippen molar-refractivity contribution in [2.24, 2.45) is 0 Å². The minimum Gasteiger partial charge on any atom is -0.455 e. The van der Waals surface area contributed by atoms with Crippen LogP contribution < -0.4 is 4.90 Å². The Hall–Kier alpha value is -6.38. The Morgan fingerprint density at radius 2 is 0.917 bits per heavy atom. The van der Waals surface area contributed by atoms with Gasteiger partial charge in [-0.15, -0.1) is 0 Å². The van der Waals surface area contributed by atoms with Crippen LogP contribution in [0.4, 0.5) is 17.1 Å². The van der Waals surface area contributed by atoms with Crippen molar-refractivity contribution < 1.29 is 8.53 Å². The van der Waals surface area contributed by atoms with Crippen LogP contribution >= 0.6 is 0 Å². The van der Waals surface area contributed by atoms with Gasteiger partial charge in [0.25, 0.3) is 0 Å². The molecule has 0 amide bonds. The Morgan fingerprint density at radius 3 is 1.50 bits per heavy atom. The minimum atomic E-state index is -0.149. The molecule has 226 valence electrons. The van der Waals surface area contributed by atoms with Crippen molar-refractivity contribution in [3.8, 4) is 33.4 Å². The smallest absolute Gasteiger partial charge is 0.143 e. The molecule has 0 saturated heterocycles. The molecule has 0 radical (unpaired) electrons. The van der Waals surface area contributed by atoms with Crippen molar-refractivity contribution in [3.05, 3.63) is 188 Å². The molecule has 1 heterocycles. The summed E-state index contributed by atoms with van der Waals surface area (Å²) in [7, 11) is 0. The first kappa shape index (κ1) is 24.8. The number of hydrogen-bond donors (Lipinski definition) is 0. The van der Waals surface area contributed by atoms with Gasteiger partial charge in [0.1, 0.15) is 11.2 Å². The molecule has 1 aromatic heterocycles. The van der Waals surface area contributed by atoms with Crippen molar-refractivity contribution in [2.75, 3.05) is 4.90 Å². The van der Waals surface area contributed by atoms with Crippen molar-refractivity contribution in [1.29, 1.82) is 0 Å². The molecule has 0 bridgehead atoms. The second kappa shape index (κ2) is 11.8. The van der Waals surface area contributed by atoms with Crippen LogP contribution in [0.2, 0.25) is 0 Å². The Bertz CT molecular complexity index is 2600. The largest absolute Gasteiger partial charge is 0.455 e. The van der Waals surface area contributed by atoms with Crippen LogP contribution in [0.5, 0.6) is 0 Å². The van der Waals surface area contributed by atoms with E-state index in [0.29, 0.717) is 22.1 Å². The van der Waals surface area contributed by atoms with Crippen LogP contribution in [0.25, 0.3) is 66.1 Å². The summed E-state index contributed by atoms with van der Waals surface area (Å²) >= 11 is 0. The lowest BCUT2D eigenvalue weighted by Crippen LogP contribution is -2.09. The third-order valence-electron chi connectivity index (χ3n) is 9.07. The molecule has 0 spiro atoms. The van der Waals surface area contributed by atoms with Gasteiger partial charge in [0, 0.05) is 33.2 Å². The van der Waals surface area contributed by atoms with E-state index in [-0.39, 0.29) is 18.1 Å². The molecule has 2 heteroatoms. The molecule has 0 unspecified atom stereocenters. The molecular formula is C46H31NO. The monoisotopic (exact) mass is 616 g/mol. The van der Waals surface area contributed by atoms with Gasteiger partial charge >= 0.3 is 0 Å². The van der Waals surface area contributed by atoms with E-state index in [1.807, 2.05) is 60.7 Å². The maximum atomic E-state index is 9.06. The molecule has 0 atom stereocenters. The van der Waals surface area contributed by atoms with Gasteiger partial charge in [-0.05, 0) is 87.3 Å². The third-order valence-corrected chi connectivity index (χ3v) is 9.07. The molecule has 48 heavy (non-hydrogen) atoms. The molecule has 9 rings (SSSR count). The van der Waals surface area contributed by atoms with Gasteiger partial charge in [0.05, 0.1) is 4.11 Å². The number of rotatable bonds is 6. The van der Waals surface area contributed by atoms with E-state index < -0.39 is 0 Å². The number of nitrogens with zero attached hydrogens (tertiary/aromatic N) is 1. The fraction of sp³-hybridized carbons (Fsp3) is 0. The highest BCUT2D eigenvalue weighted by molar-refractivity contribution is 6.19. The van der Waals surface area contributed by atoms with E-state index in [4.69, 9.17) is 8.53 Å². The predicted octanol–water partition coefficient (Wildman–Crippen LogP) is 13.2. The second-order valence-corrected chi connectivity index (χ2v) is 11.9. The van der Waals surface area contributed by atoms with Crippen LogP contribution in [-0.4, -0.2) is 0 Å². The zero-order valence-electron chi connectivity index (χ0n) is 29.0. The highest BCUT2D eigenvalue weighted by Gasteiger charge is 2.17. The van der Waals surface area contributed by atoms with Crippen LogP contribution in [-0.2, 0) is 0 Å². The van der Waals surface area contributed by atoms with Crippen LogP contribution in [0.1, 0.15) is 4.11 Å². The predicted molar refractivity (Wildman–Crippen MR) is 202 cm³/mol. The van der Waals surface area contributed by atoms with Crippen LogP contribution in [0.15, 0.2) is 192 Å². The molecule has 8 aromatic carbocycles. The Morgan fingerprint density at radius 1 is 0.417 bits per heavy atom. The topological polar surface area (TPSA) is 16.4 Å². The zero-order valence-corrected chi connectivity index (χ0v) is 26.0. The average Bonchev–Trinajstić information content (AvgIpc) is 3.59. The summed E-state index contributed by atoms with van der Waals surface area (Å²) in [6.45, 7) is 0. The molecule has 2 nitrogen and oxygen atoms in total. The summed E-state index contributed by atoms with van der Waals surface area (Å²) in [6.07, 6.45) is 0. The summed E-state index contributed by atoms with van der Waals surface area (Å²) < 4.78 is 32.9. The van der Waals surface area contributed by atoms with Gasteiger partial charge in [0.2, 0.25) is 0 Å². The molecule has 0 fully saturated rings. The summed E-state index contributed by atoms with van der Waals surface area (Å²) in [6, 6.07) is 57.9. The Kier molecular flexibility index (Phi) is 6.08. The van der Waals surface area contributed by atoms with E-state index >= 15 is 0 Å². The lowest BCUT2D eigenvalue weighted by molar-refractivity contribution is 0.673. The molecule has 0 aliphatic heterocycles. The van der Waals surface area contributed by atoms with E-state index in [1.54, 1.807) is 0 Å². The maximum absolute atomic E-state index is 9.06. The Labute approximate surface area is 284 Å². The van der Waals surface area contributed by atoms with Gasteiger partial charge in [-0.25, -0.2) is 0 Å². The summed E-state index contributed by atoms with van der Waals surface area (Å²) in [5, 5.41) is 3.51. The summed E-state index contributed by atoms with van der Waals surface area (Å²) in [5.74, 6) is 0. The number of fused-ring (bicyclic) bond motifs is 5. The van der Waals surface area contributed by atoms with E-state index in [2.05, 4.69) is 114 Å². The van der Waals surface area contributed by atoms with Crippen molar-refractivity contribution in [1.82, 2.24) is 0 Å². The van der Waals surface area contributed by atoms with E-state index in [1.165, 1.54) is 0 Å². The second-order valence-electron chi connectivity index (χ2n) is 11.9. The van der Waals surface area contributed by atoms with Crippen molar-refractivity contribution in [2.45, 2.75) is 0 Å². The van der Waals surface area contributed by atoms with Crippen molar-refractivity contribution in [3.63, 3.8) is 0 Å². The van der Waals surface area contributed by atoms with Crippen LogP contribution in [0.3, 0.4) is 0 Å². The molecule has 0 saturated carbocycles. The minimum absolute atomic E-state index is 0.0148. The lowest BCUT2D eigenvalue weighted by atomic mass is 9.98. The van der Waals surface area contributed by atoms with E-state index in [0.717, 1.165) is 61.0 Å². The van der Waals surface area contributed by atoms with Gasteiger partial charge < -0.3 is 9.32 Å². The highest BCUT2D eigenvalue weighted by atomic mass is 16.3. The fourth-order valence-electron chi connectivity index (χ4n) is 6.68. The number of anilines is 3. The molecular weight excluding hydrogens is 583 g/mol. The summed E-state index contributed by atoms with van der Waals surface area (Å²) in [5.41, 5.74) is 9.98. The first-order valence-corrected chi connectivity index (χ1v) is 16.1. The van der Waals surface area contributed by atoms with Gasteiger partial charge in [-0.1, -0.05) is 139 Å². The zero-order chi connectivity index (χ0) is 34.5. The SMILES string of the molecule is [2H]c1c([2H])c(-c2ccc(N(c3ccc(-c4ccccc4)cc3)c3ccc(-c4ccccc4)cc3)cc2)c2c(oc3c4ccccc4ccc32)c1[2H]. The van der Waals surface area contributed by atoms with Gasteiger partial charge in [0.15, 0.2) is 0 Å². The average molecular weight is 617 g/mol. The molecule has 0 aliphatic carbocycles. The first-order valence-electron chi connectivity index (χ1n) is 17.6. The normalized spacial score (nSPS) is 12.2. The first-order chi connectivity index (χ1) is 25.0. The van der Waals surface area contributed by atoms with Crippen LogP contribution in [0, 0.1) is 0 Å². The quantitative estimate of drug-likeness (QED) is 0.185. The van der Waals surface area contributed by atoms with Gasteiger partial charge in [-0.2, -0.15) is 0 Å². The highest BCUT2D eigenvalue weighted by Crippen LogP contribution is 2.41. The molecule has 0 aliphatic rings. The van der Waals surface area contributed by atoms with E-state index in [9.17, 15) is 0 Å². The standard InChI is InChI=1S/C46H31NO/c1-3-10-32(11-4-1)34-18-25-38(26-19-34)47(39-27-20-35(21-28-39)33-12-5-2-6-13-33)40-29-22-37(23-30-40)41-16-9-17-44-45(41)43-31-24-36-14-7-8-15-42(36)46(43)48-44/h1-31H/i9D,16D,17D. The number of furan rings is 1. The number of hydrogen-bond acceptors (Lipinski definition) is 2. The molecule has 0 N–H and O–H groups in total. The Balaban J connectivity index is 1.17. The number of benzene rings is 8. The third kappa shape index (κ3) is 4.92. The fourth-order valence-corrected chi connectivity index (χ4v) is 6.68. The lowest BCUT2D eigenvalue weighted by Gasteiger charge is -2.26. The summed E-state index contributed by atoms with van der Waals surface area (Å²) in [4.78, 5) is 2.23. The van der Waals surface area contributed by atoms with Gasteiger partial charge in [-0.3, -0.25) is 0 Å². The van der Waals surface area contributed by atoms with Crippen molar-refractivity contribution >= 4 is 49.8 Å². The maximum Gasteiger partial charge on any atom is 0.143 e. The molecule has 9 aromatic rings.